The summed E-state index contributed by atoms with van der Waals surface area (Å²) in [5.41, 5.74) is 0. The van der Waals surface area contributed by atoms with Crippen LogP contribution in [0.3, 0.4) is 0 Å². The maximum atomic E-state index is 11.7. The lowest BCUT2D eigenvalue weighted by Crippen LogP contribution is -2.47. The number of aliphatic hydroxyl groups is 1. The molecule has 0 aromatic carbocycles. The molecule has 0 radical (unpaired) electrons. The first kappa shape index (κ1) is 16.4. The van der Waals surface area contributed by atoms with Gasteiger partial charge in [0.2, 0.25) is 5.91 Å². The topological polar surface area (TPSA) is 83.5 Å². The van der Waals surface area contributed by atoms with E-state index in [1.54, 1.807) is 0 Å². The van der Waals surface area contributed by atoms with Gasteiger partial charge >= 0.3 is 0 Å². The molecule has 0 spiro atoms. The van der Waals surface area contributed by atoms with E-state index in [-0.39, 0.29) is 6.61 Å². The Labute approximate surface area is 104 Å². The standard InChI is InChI=1S/C11H23NO4S/c1-11(2,17(3,15)16)10(14)12-8-6-4-5-7-9-13/h13H,4-9H2,1-3H3,(H,12,14). The van der Waals surface area contributed by atoms with Gasteiger partial charge in [0.1, 0.15) is 4.75 Å². The monoisotopic (exact) mass is 265 g/mol. The van der Waals surface area contributed by atoms with E-state index in [4.69, 9.17) is 5.11 Å². The van der Waals surface area contributed by atoms with Crippen LogP contribution < -0.4 is 5.32 Å². The second-order valence-corrected chi connectivity index (χ2v) is 7.24. The van der Waals surface area contributed by atoms with Crippen molar-refractivity contribution in [3.63, 3.8) is 0 Å². The first-order valence-electron chi connectivity index (χ1n) is 5.82. The third-order valence-corrected chi connectivity index (χ3v) is 4.88. The van der Waals surface area contributed by atoms with Gasteiger partial charge in [-0.15, -0.1) is 0 Å². The predicted molar refractivity (Wildman–Crippen MR) is 67.5 cm³/mol. The van der Waals surface area contributed by atoms with Crippen molar-refractivity contribution in [2.75, 3.05) is 19.4 Å². The molecular formula is C11H23NO4S. The molecule has 0 aromatic rings. The van der Waals surface area contributed by atoms with Gasteiger partial charge in [0, 0.05) is 19.4 Å². The Morgan fingerprint density at radius 3 is 2.18 bits per heavy atom. The molecule has 5 nitrogen and oxygen atoms in total. The average Bonchev–Trinajstić information content (AvgIpc) is 2.21. The van der Waals surface area contributed by atoms with E-state index in [1.807, 2.05) is 0 Å². The highest BCUT2D eigenvalue weighted by atomic mass is 32.2. The minimum absolute atomic E-state index is 0.188. The van der Waals surface area contributed by atoms with Crippen molar-refractivity contribution in [1.82, 2.24) is 5.32 Å². The second kappa shape index (κ2) is 6.96. The zero-order valence-electron chi connectivity index (χ0n) is 10.8. The van der Waals surface area contributed by atoms with E-state index in [0.717, 1.165) is 31.9 Å². The minimum Gasteiger partial charge on any atom is -0.396 e. The highest BCUT2D eigenvalue weighted by Gasteiger charge is 2.37. The molecule has 2 N–H and O–H groups in total. The Kier molecular flexibility index (Phi) is 6.70. The molecule has 0 aliphatic heterocycles. The molecule has 0 rings (SSSR count). The Hall–Kier alpha value is -0.620. The quantitative estimate of drug-likeness (QED) is 0.625. The summed E-state index contributed by atoms with van der Waals surface area (Å²) < 4.78 is 21.4. The van der Waals surface area contributed by atoms with E-state index in [0.29, 0.717) is 6.54 Å². The van der Waals surface area contributed by atoms with Crippen molar-refractivity contribution < 1.29 is 18.3 Å². The van der Waals surface area contributed by atoms with Crippen molar-refractivity contribution in [3.8, 4) is 0 Å². The fraction of sp³-hybridized carbons (Fsp3) is 0.909. The predicted octanol–water partition coefficient (Wildman–Crippen LogP) is 0.479. The molecule has 0 aliphatic rings. The van der Waals surface area contributed by atoms with Crippen LogP contribution in [0.2, 0.25) is 0 Å². The van der Waals surface area contributed by atoms with Crippen LogP contribution in [0.25, 0.3) is 0 Å². The summed E-state index contributed by atoms with van der Waals surface area (Å²) in [6.07, 6.45) is 4.46. The van der Waals surface area contributed by atoms with Gasteiger partial charge in [0.05, 0.1) is 0 Å². The van der Waals surface area contributed by atoms with Crippen molar-refractivity contribution in [3.05, 3.63) is 0 Å². The summed E-state index contributed by atoms with van der Waals surface area (Å²) in [6.45, 7) is 3.48. The number of rotatable bonds is 8. The molecule has 1 amide bonds. The van der Waals surface area contributed by atoms with Crippen molar-refractivity contribution >= 4 is 15.7 Å². The maximum Gasteiger partial charge on any atom is 0.240 e. The van der Waals surface area contributed by atoms with Crippen LogP contribution >= 0.6 is 0 Å². The van der Waals surface area contributed by atoms with E-state index in [2.05, 4.69) is 5.32 Å². The Balaban J connectivity index is 3.96. The van der Waals surface area contributed by atoms with Crippen LogP contribution in [0.15, 0.2) is 0 Å². The molecule has 0 heterocycles. The SMILES string of the molecule is CC(C)(C(=O)NCCCCCCO)S(C)(=O)=O. The second-order valence-electron chi connectivity index (χ2n) is 4.68. The van der Waals surface area contributed by atoms with Gasteiger partial charge in [0.25, 0.3) is 0 Å². The highest BCUT2D eigenvalue weighted by molar-refractivity contribution is 7.92. The molecule has 0 saturated carbocycles. The van der Waals surface area contributed by atoms with Gasteiger partial charge in [-0.25, -0.2) is 8.42 Å². The van der Waals surface area contributed by atoms with Crippen molar-refractivity contribution in [2.45, 2.75) is 44.3 Å². The number of carbonyl (C=O) groups is 1. The maximum absolute atomic E-state index is 11.7. The molecule has 0 fully saturated rings. The lowest BCUT2D eigenvalue weighted by atomic mass is 10.1. The summed E-state index contributed by atoms with van der Waals surface area (Å²) in [4.78, 5) is 11.7. The van der Waals surface area contributed by atoms with Crippen molar-refractivity contribution in [1.29, 1.82) is 0 Å². The third-order valence-electron chi connectivity index (χ3n) is 2.84. The Morgan fingerprint density at radius 1 is 1.18 bits per heavy atom. The van der Waals surface area contributed by atoms with Crippen LogP contribution in [0.5, 0.6) is 0 Å². The summed E-state index contributed by atoms with van der Waals surface area (Å²) in [7, 11) is -3.40. The largest absolute Gasteiger partial charge is 0.396 e. The number of nitrogens with one attached hydrogen (secondary N) is 1. The number of unbranched alkanes of at least 4 members (excludes halogenated alkanes) is 3. The van der Waals surface area contributed by atoms with Crippen molar-refractivity contribution in [2.24, 2.45) is 0 Å². The van der Waals surface area contributed by atoms with E-state index in [1.165, 1.54) is 13.8 Å². The van der Waals surface area contributed by atoms with Gasteiger partial charge in [-0.2, -0.15) is 0 Å². The summed E-state index contributed by atoms with van der Waals surface area (Å²) >= 11 is 0. The molecule has 102 valence electrons. The van der Waals surface area contributed by atoms with Gasteiger partial charge in [0.15, 0.2) is 9.84 Å². The fourth-order valence-electron chi connectivity index (χ4n) is 1.17. The van der Waals surface area contributed by atoms with Crippen LogP contribution in [0.1, 0.15) is 39.5 Å². The van der Waals surface area contributed by atoms with Crippen LogP contribution in [-0.4, -0.2) is 43.6 Å². The Morgan fingerprint density at radius 2 is 1.71 bits per heavy atom. The molecule has 0 atom stereocenters. The molecule has 0 aliphatic carbocycles. The lowest BCUT2D eigenvalue weighted by molar-refractivity contribution is -0.122. The van der Waals surface area contributed by atoms with Crippen LogP contribution in [0.4, 0.5) is 0 Å². The first-order chi connectivity index (χ1) is 7.73. The fourth-order valence-corrected chi connectivity index (χ4v) is 1.58. The van der Waals surface area contributed by atoms with Gasteiger partial charge in [-0.3, -0.25) is 4.79 Å². The van der Waals surface area contributed by atoms with Crippen LogP contribution in [-0.2, 0) is 14.6 Å². The summed E-state index contributed by atoms with van der Waals surface area (Å²) in [5, 5.41) is 11.2. The number of hydrogen-bond acceptors (Lipinski definition) is 4. The third kappa shape index (κ3) is 5.50. The number of aliphatic hydroxyl groups excluding tert-OH is 1. The zero-order valence-corrected chi connectivity index (χ0v) is 11.6. The van der Waals surface area contributed by atoms with E-state index >= 15 is 0 Å². The van der Waals surface area contributed by atoms with Gasteiger partial charge < -0.3 is 10.4 Å². The molecule has 0 unspecified atom stereocenters. The normalized spacial score (nSPS) is 12.5. The van der Waals surface area contributed by atoms with Crippen LogP contribution in [0, 0.1) is 0 Å². The lowest BCUT2D eigenvalue weighted by Gasteiger charge is -2.21. The first-order valence-corrected chi connectivity index (χ1v) is 7.71. The number of amides is 1. The summed E-state index contributed by atoms with van der Waals surface area (Å²) in [5.74, 6) is -0.456. The minimum atomic E-state index is -3.40. The molecule has 0 bridgehead atoms. The van der Waals surface area contributed by atoms with Gasteiger partial charge in [-0.1, -0.05) is 12.8 Å². The molecular weight excluding hydrogens is 242 g/mol. The van der Waals surface area contributed by atoms with E-state index in [9.17, 15) is 13.2 Å². The Bertz CT molecular complexity index is 335. The number of carbonyl (C=O) groups excluding carboxylic acids is 1. The van der Waals surface area contributed by atoms with Gasteiger partial charge in [-0.05, 0) is 26.7 Å². The molecule has 17 heavy (non-hydrogen) atoms. The molecule has 0 aromatic heterocycles. The molecule has 6 heteroatoms. The zero-order chi connectivity index (χ0) is 13.5. The highest BCUT2D eigenvalue weighted by Crippen LogP contribution is 2.14. The molecule has 0 saturated heterocycles. The smallest absolute Gasteiger partial charge is 0.240 e. The van der Waals surface area contributed by atoms with E-state index < -0.39 is 20.5 Å². The number of hydrogen-bond donors (Lipinski definition) is 2. The number of sulfone groups is 1. The summed E-state index contributed by atoms with van der Waals surface area (Å²) in [6, 6.07) is 0. The average molecular weight is 265 g/mol.